The molecule has 19 heavy (non-hydrogen) atoms. The molecule has 0 unspecified atom stereocenters. The van der Waals surface area contributed by atoms with Crippen LogP contribution in [0.5, 0.6) is 0 Å². The van der Waals surface area contributed by atoms with Gasteiger partial charge >= 0.3 is 5.97 Å². The first kappa shape index (κ1) is 12.9. The molecule has 0 atom stereocenters. The van der Waals surface area contributed by atoms with Gasteiger partial charge in [0.2, 0.25) is 5.82 Å². The number of hydrogen-bond donors (Lipinski definition) is 1. The van der Waals surface area contributed by atoms with Crippen LogP contribution in [0.2, 0.25) is 0 Å². The number of nitrogens with zero attached hydrogens (tertiary/aromatic N) is 3. The zero-order valence-electron chi connectivity index (χ0n) is 10.5. The Bertz CT molecular complexity index is 545. The number of carbonyl (C=O) groups excluding carboxylic acids is 1. The Labute approximate surface area is 110 Å². The Morgan fingerprint density at radius 3 is 2.89 bits per heavy atom. The fraction of sp³-hybridized carbons (Fsp3) is 0.231. The van der Waals surface area contributed by atoms with Gasteiger partial charge in [-0.25, -0.2) is 14.8 Å². The van der Waals surface area contributed by atoms with Gasteiger partial charge in [0.1, 0.15) is 5.82 Å². The van der Waals surface area contributed by atoms with E-state index in [4.69, 9.17) is 4.74 Å². The number of rotatable bonds is 5. The fourth-order valence-electron chi connectivity index (χ4n) is 1.43. The minimum atomic E-state index is -0.524. The van der Waals surface area contributed by atoms with Crippen molar-refractivity contribution in [3.8, 4) is 0 Å². The fourth-order valence-corrected chi connectivity index (χ4v) is 1.43. The lowest BCUT2D eigenvalue weighted by Gasteiger charge is -2.06. The predicted molar refractivity (Wildman–Crippen MR) is 69.6 cm³/mol. The van der Waals surface area contributed by atoms with E-state index in [2.05, 4.69) is 20.3 Å². The smallest absolute Gasteiger partial charge is 0.376 e. The molecule has 0 aliphatic carbocycles. The van der Waals surface area contributed by atoms with Crippen LogP contribution in [-0.4, -0.2) is 27.5 Å². The molecule has 0 saturated heterocycles. The Balaban J connectivity index is 2.01. The van der Waals surface area contributed by atoms with E-state index in [1.807, 2.05) is 18.2 Å². The molecule has 0 fully saturated rings. The maximum atomic E-state index is 11.5. The highest BCUT2D eigenvalue weighted by Gasteiger charge is 2.10. The molecule has 6 heteroatoms. The maximum absolute atomic E-state index is 11.5. The maximum Gasteiger partial charge on any atom is 0.376 e. The molecule has 1 N–H and O–H groups in total. The summed E-state index contributed by atoms with van der Waals surface area (Å²) in [6.07, 6.45) is 3.24. The van der Waals surface area contributed by atoms with Crippen molar-refractivity contribution < 1.29 is 9.53 Å². The quantitative estimate of drug-likeness (QED) is 0.822. The molecular formula is C13H14N4O2. The second kappa shape index (κ2) is 6.44. The van der Waals surface area contributed by atoms with E-state index in [0.717, 1.165) is 5.69 Å². The standard InChI is InChI=1S/C13H14N4O2/c1-2-19-13(18)12-15-8-6-11(17-12)16-9-10-5-3-4-7-14-10/h3-8H,2,9H2,1H3,(H,15,16,17). The number of ether oxygens (including phenoxy) is 1. The van der Waals surface area contributed by atoms with E-state index < -0.39 is 5.97 Å². The van der Waals surface area contributed by atoms with E-state index in [0.29, 0.717) is 19.0 Å². The van der Waals surface area contributed by atoms with Gasteiger partial charge in [-0.1, -0.05) is 6.07 Å². The lowest BCUT2D eigenvalue weighted by atomic mass is 10.3. The van der Waals surface area contributed by atoms with Gasteiger partial charge in [-0.2, -0.15) is 0 Å². The predicted octanol–water partition coefficient (Wildman–Crippen LogP) is 1.66. The molecule has 0 bridgehead atoms. The van der Waals surface area contributed by atoms with Crippen LogP contribution >= 0.6 is 0 Å². The van der Waals surface area contributed by atoms with E-state index in [1.165, 1.54) is 6.20 Å². The van der Waals surface area contributed by atoms with Crippen molar-refractivity contribution >= 4 is 11.8 Å². The number of pyridine rings is 1. The SMILES string of the molecule is CCOC(=O)c1nccc(NCc2ccccn2)n1. The Morgan fingerprint density at radius 1 is 1.26 bits per heavy atom. The monoisotopic (exact) mass is 258 g/mol. The molecule has 2 rings (SSSR count). The van der Waals surface area contributed by atoms with Gasteiger partial charge < -0.3 is 10.1 Å². The van der Waals surface area contributed by atoms with Crippen LogP contribution in [-0.2, 0) is 11.3 Å². The van der Waals surface area contributed by atoms with E-state index in [1.54, 1.807) is 19.2 Å². The van der Waals surface area contributed by atoms with Crippen LogP contribution in [0.1, 0.15) is 23.2 Å². The minimum absolute atomic E-state index is 0.0490. The number of hydrogen-bond acceptors (Lipinski definition) is 6. The highest BCUT2D eigenvalue weighted by atomic mass is 16.5. The summed E-state index contributed by atoms with van der Waals surface area (Å²) >= 11 is 0. The van der Waals surface area contributed by atoms with E-state index in [-0.39, 0.29) is 5.82 Å². The van der Waals surface area contributed by atoms with Crippen LogP contribution in [0, 0.1) is 0 Å². The number of carbonyl (C=O) groups is 1. The number of esters is 1. The normalized spacial score (nSPS) is 9.95. The van der Waals surface area contributed by atoms with Crippen LogP contribution in [0.3, 0.4) is 0 Å². The summed E-state index contributed by atoms with van der Waals surface area (Å²) in [7, 11) is 0. The molecule has 0 aliphatic rings. The zero-order chi connectivity index (χ0) is 13.5. The lowest BCUT2D eigenvalue weighted by Crippen LogP contribution is -2.11. The van der Waals surface area contributed by atoms with Crippen molar-refractivity contribution in [1.82, 2.24) is 15.0 Å². The van der Waals surface area contributed by atoms with Gasteiger partial charge in [-0.3, -0.25) is 4.98 Å². The topological polar surface area (TPSA) is 77.0 Å². The summed E-state index contributed by atoms with van der Waals surface area (Å²) in [6.45, 7) is 2.56. The number of anilines is 1. The molecule has 6 nitrogen and oxygen atoms in total. The van der Waals surface area contributed by atoms with E-state index in [9.17, 15) is 4.79 Å². The zero-order valence-corrected chi connectivity index (χ0v) is 10.5. The van der Waals surface area contributed by atoms with Crippen LogP contribution in [0.4, 0.5) is 5.82 Å². The lowest BCUT2D eigenvalue weighted by molar-refractivity contribution is 0.0512. The molecule has 0 aromatic carbocycles. The molecule has 2 heterocycles. The largest absolute Gasteiger partial charge is 0.460 e. The molecule has 0 saturated carbocycles. The first-order chi connectivity index (χ1) is 9.29. The third kappa shape index (κ3) is 3.74. The number of nitrogens with one attached hydrogen (secondary N) is 1. The summed E-state index contributed by atoms with van der Waals surface area (Å²) in [5, 5.41) is 3.08. The van der Waals surface area contributed by atoms with Crippen molar-refractivity contribution in [3.63, 3.8) is 0 Å². The average molecular weight is 258 g/mol. The van der Waals surface area contributed by atoms with Gasteiger partial charge in [0.05, 0.1) is 18.8 Å². The van der Waals surface area contributed by atoms with Gasteiger partial charge in [0.25, 0.3) is 0 Å². The first-order valence-electron chi connectivity index (χ1n) is 5.93. The number of aromatic nitrogens is 3. The molecule has 0 radical (unpaired) electrons. The molecule has 98 valence electrons. The molecule has 2 aromatic rings. The minimum Gasteiger partial charge on any atom is -0.460 e. The molecule has 2 aromatic heterocycles. The van der Waals surface area contributed by atoms with Gasteiger partial charge in [0, 0.05) is 12.4 Å². The summed E-state index contributed by atoms with van der Waals surface area (Å²) in [5.74, 6) is 0.0839. The van der Waals surface area contributed by atoms with Gasteiger partial charge in [0.15, 0.2) is 0 Å². The van der Waals surface area contributed by atoms with Crippen LogP contribution in [0.25, 0.3) is 0 Å². The third-order valence-corrected chi connectivity index (χ3v) is 2.29. The van der Waals surface area contributed by atoms with Crippen LogP contribution in [0.15, 0.2) is 36.7 Å². The van der Waals surface area contributed by atoms with Crippen molar-refractivity contribution in [2.45, 2.75) is 13.5 Å². The molecule has 0 aliphatic heterocycles. The Kier molecular flexibility index (Phi) is 4.39. The first-order valence-corrected chi connectivity index (χ1v) is 5.93. The van der Waals surface area contributed by atoms with Crippen molar-refractivity contribution in [2.24, 2.45) is 0 Å². The van der Waals surface area contributed by atoms with Gasteiger partial charge in [-0.15, -0.1) is 0 Å². The Morgan fingerprint density at radius 2 is 2.16 bits per heavy atom. The van der Waals surface area contributed by atoms with Crippen molar-refractivity contribution in [2.75, 3.05) is 11.9 Å². The summed E-state index contributed by atoms with van der Waals surface area (Å²) in [4.78, 5) is 23.6. The highest BCUT2D eigenvalue weighted by Crippen LogP contribution is 2.05. The second-order valence-electron chi connectivity index (χ2n) is 3.66. The van der Waals surface area contributed by atoms with Crippen LogP contribution < -0.4 is 5.32 Å². The summed E-state index contributed by atoms with van der Waals surface area (Å²) in [6, 6.07) is 7.35. The summed E-state index contributed by atoms with van der Waals surface area (Å²) in [5.41, 5.74) is 0.888. The highest BCUT2D eigenvalue weighted by molar-refractivity contribution is 5.85. The van der Waals surface area contributed by atoms with E-state index >= 15 is 0 Å². The van der Waals surface area contributed by atoms with Gasteiger partial charge in [-0.05, 0) is 25.1 Å². The van der Waals surface area contributed by atoms with Crippen molar-refractivity contribution in [1.29, 1.82) is 0 Å². The summed E-state index contributed by atoms with van der Waals surface area (Å²) < 4.78 is 4.84. The average Bonchev–Trinajstić information content (AvgIpc) is 2.47. The van der Waals surface area contributed by atoms with Crippen molar-refractivity contribution in [3.05, 3.63) is 48.2 Å². The molecular weight excluding hydrogens is 244 g/mol. The second-order valence-corrected chi connectivity index (χ2v) is 3.66. The third-order valence-electron chi connectivity index (χ3n) is 2.29. The Hall–Kier alpha value is -2.50. The molecule has 0 amide bonds. The molecule has 0 spiro atoms.